The third-order valence-corrected chi connectivity index (χ3v) is 3.39. The summed E-state index contributed by atoms with van der Waals surface area (Å²) < 4.78 is 5.79. The quantitative estimate of drug-likeness (QED) is 0.613. The maximum atomic E-state index is 5.79. The minimum Gasteiger partial charge on any atom is -0.377 e. The summed E-state index contributed by atoms with van der Waals surface area (Å²) in [5.41, 5.74) is 2.76. The fraction of sp³-hybridized carbons (Fsp3) is 0.667. The molecule has 0 aliphatic heterocycles. The monoisotopic (exact) mass is 277 g/mol. The van der Waals surface area contributed by atoms with Crippen LogP contribution in [0, 0.1) is 5.92 Å². The summed E-state index contributed by atoms with van der Waals surface area (Å²) in [6.45, 7) is 10.5. The molecule has 0 amide bonds. The summed E-state index contributed by atoms with van der Waals surface area (Å²) in [4.78, 5) is 0. The number of nitrogens with one attached hydrogen (secondary N) is 1. The average molecular weight is 277 g/mol. The van der Waals surface area contributed by atoms with E-state index in [0.717, 1.165) is 32.7 Å². The molecule has 0 aliphatic carbocycles. The van der Waals surface area contributed by atoms with Crippen LogP contribution in [0.25, 0.3) is 0 Å². The standard InChI is InChI=1S/C18H31NO/c1-4-5-8-13-20-15-18-10-7-6-9-17(18)11-12-19-14-16(2)3/h6-7,9-10,16,19H,4-5,8,11-15H2,1-3H3. The molecule has 0 fully saturated rings. The van der Waals surface area contributed by atoms with Crippen molar-refractivity contribution in [3.8, 4) is 0 Å². The predicted octanol–water partition coefficient (Wildman–Crippen LogP) is 4.18. The number of hydrogen-bond donors (Lipinski definition) is 1. The van der Waals surface area contributed by atoms with Crippen LogP contribution in [0.3, 0.4) is 0 Å². The Morgan fingerprint density at radius 1 is 1.10 bits per heavy atom. The molecule has 0 atom stereocenters. The fourth-order valence-corrected chi connectivity index (χ4v) is 2.19. The minimum absolute atomic E-state index is 0.715. The van der Waals surface area contributed by atoms with Crippen LogP contribution in [0.2, 0.25) is 0 Å². The van der Waals surface area contributed by atoms with Gasteiger partial charge in [-0.15, -0.1) is 0 Å². The Labute approximate surface area is 124 Å². The third kappa shape index (κ3) is 7.66. The molecule has 114 valence electrons. The zero-order valence-electron chi connectivity index (χ0n) is 13.5. The molecule has 20 heavy (non-hydrogen) atoms. The SMILES string of the molecule is CCCCCOCc1ccccc1CCNCC(C)C. The molecule has 0 aromatic heterocycles. The van der Waals surface area contributed by atoms with Crippen molar-refractivity contribution in [3.63, 3.8) is 0 Å². The second kappa shape index (κ2) is 10.9. The molecular formula is C18H31NO. The Balaban J connectivity index is 2.31. The van der Waals surface area contributed by atoms with E-state index in [0.29, 0.717) is 5.92 Å². The smallest absolute Gasteiger partial charge is 0.0719 e. The van der Waals surface area contributed by atoms with Crippen LogP contribution < -0.4 is 5.32 Å². The van der Waals surface area contributed by atoms with Gasteiger partial charge >= 0.3 is 0 Å². The van der Waals surface area contributed by atoms with Gasteiger partial charge in [-0.1, -0.05) is 57.9 Å². The van der Waals surface area contributed by atoms with Crippen molar-refractivity contribution in [1.29, 1.82) is 0 Å². The van der Waals surface area contributed by atoms with E-state index in [2.05, 4.69) is 50.4 Å². The van der Waals surface area contributed by atoms with E-state index in [1.165, 1.54) is 30.4 Å². The summed E-state index contributed by atoms with van der Waals surface area (Å²) in [5.74, 6) is 0.715. The van der Waals surface area contributed by atoms with E-state index in [1.807, 2.05) is 0 Å². The Hall–Kier alpha value is -0.860. The molecular weight excluding hydrogens is 246 g/mol. The van der Waals surface area contributed by atoms with Gasteiger partial charge in [0.1, 0.15) is 0 Å². The molecule has 1 N–H and O–H groups in total. The van der Waals surface area contributed by atoms with Crippen LogP contribution in [0.4, 0.5) is 0 Å². The van der Waals surface area contributed by atoms with Crippen molar-refractivity contribution >= 4 is 0 Å². The first-order valence-corrected chi connectivity index (χ1v) is 8.09. The second-order valence-electron chi connectivity index (χ2n) is 5.88. The highest BCUT2D eigenvalue weighted by atomic mass is 16.5. The largest absolute Gasteiger partial charge is 0.377 e. The fourth-order valence-electron chi connectivity index (χ4n) is 2.19. The minimum atomic E-state index is 0.715. The highest BCUT2D eigenvalue weighted by Crippen LogP contribution is 2.11. The van der Waals surface area contributed by atoms with Gasteiger partial charge in [0, 0.05) is 6.61 Å². The first-order chi connectivity index (χ1) is 9.74. The lowest BCUT2D eigenvalue weighted by Gasteiger charge is -2.11. The van der Waals surface area contributed by atoms with Crippen molar-refractivity contribution in [3.05, 3.63) is 35.4 Å². The Kier molecular flexibility index (Phi) is 9.35. The molecule has 0 saturated carbocycles. The Morgan fingerprint density at radius 3 is 2.55 bits per heavy atom. The highest BCUT2D eigenvalue weighted by Gasteiger charge is 2.02. The summed E-state index contributed by atoms with van der Waals surface area (Å²) >= 11 is 0. The summed E-state index contributed by atoms with van der Waals surface area (Å²) in [7, 11) is 0. The van der Waals surface area contributed by atoms with Crippen LogP contribution in [0.5, 0.6) is 0 Å². The normalized spacial score (nSPS) is 11.2. The van der Waals surface area contributed by atoms with Gasteiger partial charge in [-0.05, 0) is 43.0 Å². The lowest BCUT2D eigenvalue weighted by molar-refractivity contribution is 0.116. The highest BCUT2D eigenvalue weighted by molar-refractivity contribution is 5.26. The van der Waals surface area contributed by atoms with Gasteiger partial charge in [0.25, 0.3) is 0 Å². The lowest BCUT2D eigenvalue weighted by Crippen LogP contribution is -2.22. The van der Waals surface area contributed by atoms with E-state index >= 15 is 0 Å². The molecule has 1 aromatic carbocycles. The molecule has 0 bridgehead atoms. The van der Waals surface area contributed by atoms with Crippen molar-refractivity contribution in [2.45, 2.75) is 53.1 Å². The molecule has 0 aliphatic rings. The van der Waals surface area contributed by atoms with E-state index < -0.39 is 0 Å². The number of benzene rings is 1. The van der Waals surface area contributed by atoms with Crippen LogP contribution in [0.1, 0.15) is 51.2 Å². The number of unbranched alkanes of at least 4 members (excludes halogenated alkanes) is 2. The molecule has 0 unspecified atom stereocenters. The van der Waals surface area contributed by atoms with Crippen molar-refractivity contribution in [2.75, 3.05) is 19.7 Å². The number of rotatable bonds is 11. The summed E-state index contributed by atoms with van der Waals surface area (Å²) in [6.07, 6.45) is 4.78. The van der Waals surface area contributed by atoms with Gasteiger partial charge in [0.05, 0.1) is 6.61 Å². The molecule has 2 heteroatoms. The molecule has 1 aromatic rings. The molecule has 0 saturated heterocycles. The zero-order valence-corrected chi connectivity index (χ0v) is 13.5. The lowest BCUT2D eigenvalue weighted by atomic mass is 10.1. The van der Waals surface area contributed by atoms with Crippen LogP contribution >= 0.6 is 0 Å². The van der Waals surface area contributed by atoms with E-state index in [-0.39, 0.29) is 0 Å². The first kappa shape index (κ1) is 17.2. The number of ether oxygens (including phenoxy) is 1. The van der Waals surface area contributed by atoms with E-state index in [9.17, 15) is 0 Å². The molecule has 2 nitrogen and oxygen atoms in total. The molecule has 0 radical (unpaired) electrons. The van der Waals surface area contributed by atoms with Gasteiger partial charge in [0.2, 0.25) is 0 Å². The summed E-state index contributed by atoms with van der Waals surface area (Å²) in [6, 6.07) is 8.65. The van der Waals surface area contributed by atoms with Crippen molar-refractivity contribution in [2.24, 2.45) is 5.92 Å². The maximum absolute atomic E-state index is 5.79. The van der Waals surface area contributed by atoms with Crippen molar-refractivity contribution < 1.29 is 4.74 Å². The van der Waals surface area contributed by atoms with Crippen molar-refractivity contribution in [1.82, 2.24) is 5.32 Å². The first-order valence-electron chi connectivity index (χ1n) is 8.09. The van der Waals surface area contributed by atoms with Crippen LogP contribution in [0.15, 0.2) is 24.3 Å². The maximum Gasteiger partial charge on any atom is 0.0719 e. The second-order valence-corrected chi connectivity index (χ2v) is 5.88. The predicted molar refractivity (Wildman–Crippen MR) is 87.0 cm³/mol. The van der Waals surface area contributed by atoms with Gasteiger partial charge in [-0.25, -0.2) is 0 Å². The molecule has 1 rings (SSSR count). The van der Waals surface area contributed by atoms with E-state index in [4.69, 9.17) is 4.74 Å². The average Bonchev–Trinajstić information content (AvgIpc) is 2.44. The van der Waals surface area contributed by atoms with Gasteiger partial charge in [-0.3, -0.25) is 0 Å². The van der Waals surface area contributed by atoms with Crippen LogP contribution in [-0.4, -0.2) is 19.7 Å². The summed E-state index contributed by atoms with van der Waals surface area (Å²) in [5, 5.41) is 3.50. The third-order valence-electron chi connectivity index (χ3n) is 3.39. The van der Waals surface area contributed by atoms with Crippen LogP contribution in [-0.2, 0) is 17.8 Å². The Morgan fingerprint density at radius 2 is 1.85 bits per heavy atom. The van der Waals surface area contributed by atoms with E-state index in [1.54, 1.807) is 0 Å². The Bertz CT molecular complexity index is 349. The topological polar surface area (TPSA) is 21.3 Å². The van der Waals surface area contributed by atoms with Gasteiger partial charge < -0.3 is 10.1 Å². The molecule has 0 heterocycles. The van der Waals surface area contributed by atoms with Gasteiger partial charge in [-0.2, -0.15) is 0 Å². The van der Waals surface area contributed by atoms with Gasteiger partial charge in [0.15, 0.2) is 0 Å². The number of hydrogen-bond acceptors (Lipinski definition) is 2. The molecule has 0 spiro atoms. The zero-order chi connectivity index (χ0) is 14.6.